The zero-order valence-electron chi connectivity index (χ0n) is 18.7. The number of Topliss-reactive ketones (excluding diaryl/α,β-unsaturated/α-hetero) is 2. The lowest BCUT2D eigenvalue weighted by molar-refractivity contribution is 0.0745. The van der Waals surface area contributed by atoms with Gasteiger partial charge in [0.25, 0.3) is 0 Å². The molecular formula is C32H24O2. The maximum Gasteiger partial charge on any atom is 0.170 e. The molecule has 164 valence electrons. The van der Waals surface area contributed by atoms with E-state index in [9.17, 15) is 9.59 Å². The molecule has 4 aromatic rings. The maximum atomic E-state index is 14.5. The standard InChI is InChI=1S/C32H24O2/c33-30-25-18-10-9-17-24(25)26-27(30)29(21-13-5-2-6-14-21)32(28(26)20-11-3-1-4-12-20)19-22-15-7-8-16-23(22)31(32)34/h1-18,26-29H,19H2/t26-,27+,28-,29+,32-/m1/s1. The van der Waals surface area contributed by atoms with Crippen molar-refractivity contribution >= 4 is 11.6 Å². The maximum absolute atomic E-state index is 14.5. The highest BCUT2D eigenvalue weighted by Gasteiger charge is 2.70. The number of hydrogen-bond donors (Lipinski definition) is 0. The van der Waals surface area contributed by atoms with E-state index in [1.807, 2.05) is 60.7 Å². The predicted octanol–water partition coefficient (Wildman–Crippen LogP) is 6.59. The van der Waals surface area contributed by atoms with Gasteiger partial charge in [-0.05, 0) is 28.7 Å². The molecule has 34 heavy (non-hydrogen) atoms. The molecule has 1 saturated carbocycles. The number of carbonyl (C=O) groups is 2. The Kier molecular flexibility index (Phi) is 4.11. The van der Waals surface area contributed by atoms with Crippen molar-refractivity contribution in [1.82, 2.24) is 0 Å². The van der Waals surface area contributed by atoms with Gasteiger partial charge in [-0.15, -0.1) is 0 Å². The molecule has 4 aromatic carbocycles. The second-order valence-corrected chi connectivity index (χ2v) is 9.98. The van der Waals surface area contributed by atoms with E-state index >= 15 is 0 Å². The molecule has 1 spiro atoms. The molecule has 0 heterocycles. The normalized spacial score (nSPS) is 28.7. The van der Waals surface area contributed by atoms with Gasteiger partial charge >= 0.3 is 0 Å². The zero-order chi connectivity index (χ0) is 22.9. The lowest BCUT2D eigenvalue weighted by atomic mass is 9.62. The largest absolute Gasteiger partial charge is 0.294 e. The molecule has 5 atom stereocenters. The fourth-order valence-electron chi connectivity index (χ4n) is 7.50. The van der Waals surface area contributed by atoms with Crippen LogP contribution in [-0.4, -0.2) is 11.6 Å². The van der Waals surface area contributed by atoms with Gasteiger partial charge in [-0.1, -0.05) is 109 Å². The van der Waals surface area contributed by atoms with E-state index in [2.05, 4.69) is 48.5 Å². The number of benzene rings is 4. The van der Waals surface area contributed by atoms with E-state index in [1.54, 1.807) is 0 Å². The summed E-state index contributed by atoms with van der Waals surface area (Å²) < 4.78 is 0. The number of rotatable bonds is 2. The third kappa shape index (κ3) is 2.41. The third-order valence-corrected chi connectivity index (χ3v) is 8.59. The Morgan fingerprint density at radius 2 is 1.09 bits per heavy atom. The lowest BCUT2D eigenvalue weighted by Gasteiger charge is -2.38. The molecule has 3 aliphatic carbocycles. The minimum absolute atomic E-state index is 0.0189. The summed E-state index contributed by atoms with van der Waals surface area (Å²) >= 11 is 0. The minimum atomic E-state index is -0.690. The SMILES string of the molecule is O=C1c2ccccc2[C@@H]2[C@H]1[C@H](c1ccccc1)[C@@]1(Cc3ccccc3C1=O)[C@@H]2c1ccccc1. The predicted molar refractivity (Wildman–Crippen MR) is 132 cm³/mol. The van der Waals surface area contributed by atoms with Crippen LogP contribution in [0, 0.1) is 11.3 Å². The van der Waals surface area contributed by atoms with Crippen molar-refractivity contribution in [2.45, 2.75) is 24.2 Å². The topological polar surface area (TPSA) is 34.1 Å². The lowest BCUT2D eigenvalue weighted by Crippen LogP contribution is -2.38. The molecule has 2 heteroatoms. The van der Waals surface area contributed by atoms with E-state index in [4.69, 9.17) is 0 Å². The van der Waals surface area contributed by atoms with Crippen LogP contribution in [0.1, 0.15) is 60.7 Å². The Hall–Kier alpha value is -3.78. The van der Waals surface area contributed by atoms with E-state index in [0.29, 0.717) is 6.42 Å². The molecule has 0 aromatic heterocycles. The third-order valence-electron chi connectivity index (χ3n) is 8.59. The highest BCUT2D eigenvalue weighted by atomic mass is 16.1. The van der Waals surface area contributed by atoms with Gasteiger partial charge in [-0.3, -0.25) is 9.59 Å². The van der Waals surface area contributed by atoms with Crippen LogP contribution in [0.3, 0.4) is 0 Å². The molecule has 0 N–H and O–H groups in total. The van der Waals surface area contributed by atoms with Gasteiger partial charge in [-0.2, -0.15) is 0 Å². The van der Waals surface area contributed by atoms with Gasteiger partial charge in [0, 0.05) is 34.8 Å². The molecule has 1 fully saturated rings. The molecule has 7 rings (SSSR count). The van der Waals surface area contributed by atoms with E-state index in [-0.39, 0.29) is 35.2 Å². The first kappa shape index (κ1) is 19.7. The summed E-state index contributed by atoms with van der Waals surface area (Å²) in [6.45, 7) is 0. The molecule has 0 aliphatic heterocycles. The molecule has 3 aliphatic rings. The Labute approximate surface area is 199 Å². The summed E-state index contributed by atoms with van der Waals surface area (Å²) in [6, 6.07) is 36.9. The monoisotopic (exact) mass is 440 g/mol. The smallest absolute Gasteiger partial charge is 0.170 e. The van der Waals surface area contributed by atoms with Crippen molar-refractivity contribution in [2.75, 3.05) is 0 Å². The molecule has 2 nitrogen and oxygen atoms in total. The minimum Gasteiger partial charge on any atom is -0.294 e. The van der Waals surface area contributed by atoms with Crippen LogP contribution in [0.4, 0.5) is 0 Å². The highest BCUT2D eigenvalue weighted by Crippen LogP contribution is 2.72. The number of fused-ring (bicyclic) bond motifs is 4. The fourth-order valence-corrected chi connectivity index (χ4v) is 7.50. The quantitative estimate of drug-likeness (QED) is 0.352. The Morgan fingerprint density at radius 1 is 0.559 bits per heavy atom. The van der Waals surface area contributed by atoms with Crippen molar-refractivity contribution in [1.29, 1.82) is 0 Å². The van der Waals surface area contributed by atoms with Gasteiger partial charge in [-0.25, -0.2) is 0 Å². The summed E-state index contributed by atoms with van der Waals surface area (Å²) in [7, 11) is 0. The van der Waals surface area contributed by atoms with Crippen molar-refractivity contribution in [3.63, 3.8) is 0 Å². The van der Waals surface area contributed by atoms with E-state index < -0.39 is 5.41 Å². The molecule has 0 saturated heterocycles. The first-order valence-corrected chi connectivity index (χ1v) is 12.1. The first-order chi connectivity index (χ1) is 16.7. The summed E-state index contributed by atoms with van der Waals surface area (Å²) in [4.78, 5) is 28.6. The first-order valence-electron chi connectivity index (χ1n) is 12.1. The van der Waals surface area contributed by atoms with Crippen LogP contribution < -0.4 is 0 Å². The number of carbonyl (C=O) groups excluding carboxylic acids is 2. The van der Waals surface area contributed by atoms with Crippen molar-refractivity contribution in [3.8, 4) is 0 Å². The van der Waals surface area contributed by atoms with Gasteiger partial charge in [0.2, 0.25) is 0 Å². The molecule has 0 amide bonds. The van der Waals surface area contributed by atoms with E-state index in [0.717, 1.165) is 33.4 Å². The van der Waals surface area contributed by atoms with Crippen molar-refractivity contribution < 1.29 is 9.59 Å². The highest BCUT2D eigenvalue weighted by molar-refractivity contribution is 6.10. The van der Waals surface area contributed by atoms with Crippen LogP contribution in [0.25, 0.3) is 0 Å². The van der Waals surface area contributed by atoms with Crippen molar-refractivity contribution in [3.05, 3.63) is 143 Å². The Balaban J connectivity index is 1.56. The van der Waals surface area contributed by atoms with Gasteiger partial charge in [0.1, 0.15) is 0 Å². The Morgan fingerprint density at radius 3 is 1.74 bits per heavy atom. The molecule has 0 radical (unpaired) electrons. The second-order valence-electron chi connectivity index (χ2n) is 9.98. The molecule has 0 bridgehead atoms. The summed E-state index contributed by atoms with van der Waals surface area (Å²) in [5.74, 6) is -0.126. The average Bonchev–Trinajstić information content (AvgIpc) is 3.46. The molecule has 0 unspecified atom stereocenters. The summed E-state index contributed by atoms with van der Waals surface area (Å²) in [5.41, 5.74) is 5.43. The summed E-state index contributed by atoms with van der Waals surface area (Å²) in [6.07, 6.45) is 0.670. The van der Waals surface area contributed by atoms with Gasteiger partial charge < -0.3 is 0 Å². The Bertz CT molecular complexity index is 1440. The van der Waals surface area contributed by atoms with E-state index in [1.165, 1.54) is 0 Å². The second kappa shape index (κ2) is 7.11. The van der Waals surface area contributed by atoms with Gasteiger partial charge in [0.05, 0.1) is 5.41 Å². The number of hydrogen-bond acceptors (Lipinski definition) is 2. The zero-order valence-corrected chi connectivity index (χ0v) is 18.7. The van der Waals surface area contributed by atoms with Crippen LogP contribution in [0.15, 0.2) is 109 Å². The van der Waals surface area contributed by atoms with Gasteiger partial charge in [0.15, 0.2) is 11.6 Å². The number of ketones is 2. The van der Waals surface area contributed by atoms with Crippen LogP contribution >= 0.6 is 0 Å². The van der Waals surface area contributed by atoms with Crippen LogP contribution in [0.5, 0.6) is 0 Å². The summed E-state index contributed by atoms with van der Waals surface area (Å²) in [5, 5.41) is 0. The van der Waals surface area contributed by atoms with Crippen LogP contribution in [0.2, 0.25) is 0 Å². The average molecular weight is 441 g/mol. The molecular weight excluding hydrogens is 416 g/mol. The fraction of sp³-hybridized carbons (Fsp3) is 0.188. The van der Waals surface area contributed by atoms with Crippen molar-refractivity contribution in [2.24, 2.45) is 11.3 Å². The van der Waals surface area contributed by atoms with Crippen LogP contribution in [-0.2, 0) is 6.42 Å².